The average Bonchev–Trinajstić information content (AvgIpc) is 3.35. The Morgan fingerprint density at radius 3 is 2.58 bits per heavy atom. The Balaban J connectivity index is 1.49. The third-order valence-corrected chi connectivity index (χ3v) is 4.44. The molecule has 0 bridgehead atoms. The summed E-state index contributed by atoms with van der Waals surface area (Å²) in [5.74, 6) is 2.15. The summed E-state index contributed by atoms with van der Waals surface area (Å²) < 4.78 is 1.81. The van der Waals surface area contributed by atoms with E-state index in [1.54, 1.807) is 4.68 Å². The van der Waals surface area contributed by atoms with Gasteiger partial charge in [-0.3, -0.25) is 4.79 Å². The first-order chi connectivity index (χ1) is 11.5. The largest absolute Gasteiger partial charge is 0.367 e. The summed E-state index contributed by atoms with van der Waals surface area (Å²) in [6.07, 6.45) is 3.06. The van der Waals surface area contributed by atoms with Crippen molar-refractivity contribution in [2.75, 3.05) is 18.4 Å². The third-order valence-electron chi connectivity index (χ3n) is 4.44. The van der Waals surface area contributed by atoms with Crippen molar-refractivity contribution in [2.24, 2.45) is 5.92 Å². The number of amides is 1. The number of anilines is 1. The maximum atomic E-state index is 11.6. The Morgan fingerprint density at radius 1 is 1.21 bits per heavy atom. The van der Waals surface area contributed by atoms with Crippen LogP contribution in [0.2, 0.25) is 0 Å². The van der Waals surface area contributed by atoms with Crippen LogP contribution in [0.1, 0.15) is 36.2 Å². The van der Waals surface area contributed by atoms with E-state index >= 15 is 0 Å². The van der Waals surface area contributed by atoms with Crippen LogP contribution in [0.25, 0.3) is 5.82 Å². The highest BCUT2D eigenvalue weighted by molar-refractivity contribution is 5.76. The summed E-state index contributed by atoms with van der Waals surface area (Å²) >= 11 is 0. The fourth-order valence-electron chi connectivity index (χ4n) is 2.53. The molecule has 1 aliphatic rings. The van der Waals surface area contributed by atoms with E-state index in [1.165, 1.54) is 18.4 Å². The highest BCUT2D eigenvalue weighted by atomic mass is 16.1. The molecule has 2 aromatic rings. The van der Waals surface area contributed by atoms with Crippen molar-refractivity contribution in [3.05, 3.63) is 29.1 Å². The number of rotatable bonds is 7. The Kier molecular flexibility index (Phi) is 4.78. The lowest BCUT2D eigenvalue weighted by atomic mass is 10.2. The van der Waals surface area contributed by atoms with E-state index in [0.29, 0.717) is 37.1 Å². The summed E-state index contributed by atoms with van der Waals surface area (Å²) in [7, 11) is 0. The van der Waals surface area contributed by atoms with Crippen LogP contribution in [0.15, 0.2) is 12.1 Å². The third kappa shape index (κ3) is 3.90. The highest BCUT2D eigenvalue weighted by Gasteiger charge is 2.23. The minimum absolute atomic E-state index is 0.139. The van der Waals surface area contributed by atoms with E-state index in [2.05, 4.69) is 32.9 Å². The van der Waals surface area contributed by atoms with E-state index in [-0.39, 0.29) is 5.91 Å². The molecule has 2 aromatic heterocycles. The zero-order chi connectivity index (χ0) is 17.1. The van der Waals surface area contributed by atoms with Crippen molar-refractivity contribution in [3.8, 4) is 5.82 Å². The van der Waals surface area contributed by atoms with Gasteiger partial charge >= 0.3 is 0 Å². The van der Waals surface area contributed by atoms with Gasteiger partial charge in [0.1, 0.15) is 5.82 Å². The molecule has 7 heteroatoms. The van der Waals surface area contributed by atoms with Crippen LogP contribution >= 0.6 is 0 Å². The first-order valence-corrected chi connectivity index (χ1v) is 8.42. The van der Waals surface area contributed by atoms with Crippen molar-refractivity contribution in [1.29, 1.82) is 0 Å². The molecular formula is C17H24N6O. The van der Waals surface area contributed by atoms with Gasteiger partial charge in [-0.1, -0.05) is 0 Å². The second-order valence-corrected chi connectivity index (χ2v) is 6.41. The van der Waals surface area contributed by atoms with Gasteiger partial charge in [0.05, 0.1) is 5.69 Å². The molecule has 24 heavy (non-hydrogen) atoms. The average molecular weight is 328 g/mol. The van der Waals surface area contributed by atoms with Crippen molar-refractivity contribution in [2.45, 2.75) is 40.0 Å². The van der Waals surface area contributed by atoms with Gasteiger partial charge in [0.15, 0.2) is 5.82 Å². The topological polar surface area (TPSA) is 84.7 Å². The fraction of sp³-hybridized carbons (Fsp3) is 0.529. The molecule has 0 spiro atoms. The van der Waals surface area contributed by atoms with Crippen LogP contribution < -0.4 is 10.6 Å². The molecule has 2 heterocycles. The van der Waals surface area contributed by atoms with Gasteiger partial charge < -0.3 is 10.6 Å². The number of nitrogens with one attached hydrogen (secondary N) is 2. The normalized spacial score (nSPS) is 13.8. The minimum atomic E-state index is 0.139. The summed E-state index contributed by atoms with van der Waals surface area (Å²) in [5.41, 5.74) is 3.24. The second-order valence-electron chi connectivity index (χ2n) is 6.41. The predicted molar refractivity (Wildman–Crippen MR) is 92.2 cm³/mol. The number of carbonyl (C=O) groups excluding carboxylic acids is 1. The van der Waals surface area contributed by atoms with Gasteiger partial charge in [-0.2, -0.15) is 5.10 Å². The van der Waals surface area contributed by atoms with Crippen LogP contribution in [0, 0.1) is 26.7 Å². The van der Waals surface area contributed by atoms with Gasteiger partial charge in [-0.25, -0.2) is 4.68 Å². The van der Waals surface area contributed by atoms with Gasteiger partial charge in [0.2, 0.25) is 5.91 Å². The molecule has 0 atom stereocenters. The van der Waals surface area contributed by atoms with Crippen LogP contribution in [-0.4, -0.2) is 39.0 Å². The Hall–Kier alpha value is -2.44. The van der Waals surface area contributed by atoms with Crippen molar-refractivity contribution < 1.29 is 4.79 Å². The molecule has 7 nitrogen and oxygen atoms in total. The number of nitrogens with zero attached hydrogens (tertiary/aromatic N) is 4. The molecule has 1 amide bonds. The van der Waals surface area contributed by atoms with Crippen LogP contribution in [0.4, 0.5) is 5.82 Å². The number of hydrogen-bond donors (Lipinski definition) is 2. The highest BCUT2D eigenvalue weighted by Crippen LogP contribution is 2.31. The summed E-state index contributed by atoms with van der Waals surface area (Å²) in [6, 6.07) is 3.76. The quantitative estimate of drug-likeness (QED) is 0.759. The molecule has 3 rings (SSSR count). The molecule has 0 radical (unpaired) electrons. The van der Waals surface area contributed by atoms with Crippen LogP contribution in [0.3, 0.4) is 0 Å². The maximum Gasteiger partial charge on any atom is 0.220 e. The first kappa shape index (κ1) is 16.4. The standard InChI is InChI=1S/C17H24N6O/c1-11-12(2)22-23(13(11)3)16-7-6-15(20-21-16)18-8-9-19-17(24)10-14-4-5-14/h6-7,14H,4-5,8-10H2,1-3H3,(H,18,20)(H,19,24). The molecule has 2 N–H and O–H groups in total. The van der Waals surface area contributed by atoms with E-state index in [1.807, 2.05) is 26.0 Å². The summed E-state index contributed by atoms with van der Waals surface area (Å²) in [5, 5.41) is 19.0. The van der Waals surface area contributed by atoms with Crippen LogP contribution in [-0.2, 0) is 4.79 Å². The second kappa shape index (κ2) is 6.98. The minimum Gasteiger partial charge on any atom is -0.367 e. The molecule has 0 unspecified atom stereocenters. The summed E-state index contributed by atoms with van der Waals surface area (Å²) in [6.45, 7) is 7.28. The number of aryl methyl sites for hydroxylation is 1. The van der Waals surface area contributed by atoms with Crippen LogP contribution in [0.5, 0.6) is 0 Å². The lowest BCUT2D eigenvalue weighted by molar-refractivity contribution is -0.121. The van der Waals surface area contributed by atoms with E-state index in [0.717, 1.165) is 11.4 Å². The number of hydrogen-bond acceptors (Lipinski definition) is 5. The van der Waals surface area contributed by atoms with E-state index in [9.17, 15) is 4.79 Å². The van der Waals surface area contributed by atoms with Crippen molar-refractivity contribution in [3.63, 3.8) is 0 Å². The maximum absolute atomic E-state index is 11.6. The first-order valence-electron chi connectivity index (χ1n) is 8.42. The lowest BCUT2D eigenvalue weighted by Crippen LogP contribution is -2.29. The predicted octanol–water partition coefficient (Wildman–Crippen LogP) is 1.92. The number of carbonyl (C=O) groups is 1. The summed E-state index contributed by atoms with van der Waals surface area (Å²) in [4.78, 5) is 11.6. The van der Waals surface area contributed by atoms with Gasteiger partial charge in [-0.15, -0.1) is 10.2 Å². The SMILES string of the molecule is Cc1nn(-c2ccc(NCCNC(=O)CC3CC3)nn2)c(C)c1C. The number of aromatic nitrogens is 4. The fourth-order valence-corrected chi connectivity index (χ4v) is 2.53. The smallest absolute Gasteiger partial charge is 0.220 e. The monoisotopic (exact) mass is 328 g/mol. The molecule has 1 fully saturated rings. The zero-order valence-corrected chi connectivity index (χ0v) is 14.5. The van der Waals surface area contributed by atoms with Gasteiger partial charge in [0.25, 0.3) is 0 Å². The lowest BCUT2D eigenvalue weighted by Gasteiger charge is -2.08. The van der Waals surface area contributed by atoms with Gasteiger partial charge in [0, 0.05) is 25.2 Å². The Morgan fingerprint density at radius 2 is 2.00 bits per heavy atom. The molecular weight excluding hydrogens is 304 g/mol. The molecule has 0 aromatic carbocycles. The molecule has 128 valence electrons. The van der Waals surface area contributed by atoms with Crippen molar-refractivity contribution in [1.82, 2.24) is 25.3 Å². The van der Waals surface area contributed by atoms with E-state index < -0.39 is 0 Å². The Bertz CT molecular complexity index is 717. The molecule has 0 aliphatic heterocycles. The van der Waals surface area contributed by atoms with E-state index in [4.69, 9.17) is 0 Å². The molecule has 1 saturated carbocycles. The Labute approximate surface area is 141 Å². The molecule has 1 aliphatic carbocycles. The molecule has 0 saturated heterocycles. The zero-order valence-electron chi connectivity index (χ0n) is 14.5. The van der Waals surface area contributed by atoms with Crippen molar-refractivity contribution >= 4 is 11.7 Å². The van der Waals surface area contributed by atoms with Gasteiger partial charge in [-0.05, 0) is 57.2 Å².